The lowest BCUT2D eigenvalue weighted by atomic mass is 9.78. The lowest BCUT2D eigenvalue weighted by molar-refractivity contribution is 0.238. The first-order chi connectivity index (χ1) is 8.59. The molecule has 0 radical (unpaired) electrons. The normalized spacial score (nSPS) is 19.0. The Balaban J connectivity index is 2.17. The van der Waals surface area contributed by atoms with Crippen LogP contribution in [0.2, 0.25) is 0 Å². The highest BCUT2D eigenvalue weighted by atomic mass is 79.9. The zero-order valence-electron chi connectivity index (χ0n) is 11.2. The van der Waals surface area contributed by atoms with E-state index in [2.05, 4.69) is 34.7 Å². The molecule has 1 aliphatic rings. The zero-order valence-corrected chi connectivity index (χ0v) is 12.8. The van der Waals surface area contributed by atoms with Crippen LogP contribution in [0.3, 0.4) is 0 Å². The monoisotopic (exact) mass is 313 g/mol. The molecule has 0 aromatic heterocycles. The van der Waals surface area contributed by atoms with Crippen molar-refractivity contribution >= 4 is 21.6 Å². The summed E-state index contributed by atoms with van der Waals surface area (Å²) in [7, 11) is 0. The molecule has 1 fully saturated rings. The van der Waals surface area contributed by atoms with E-state index < -0.39 is 0 Å². The smallest absolute Gasteiger partial charge is 0.129 e. The average molecular weight is 314 g/mol. The first-order valence-electron chi connectivity index (χ1n) is 6.68. The molecule has 1 aromatic rings. The molecule has 1 saturated heterocycles. The third-order valence-corrected chi connectivity index (χ3v) is 4.95. The Morgan fingerprint density at radius 2 is 2.00 bits per heavy atom. The van der Waals surface area contributed by atoms with Crippen LogP contribution in [0.25, 0.3) is 0 Å². The number of alkyl halides is 1. The van der Waals surface area contributed by atoms with E-state index in [4.69, 9.17) is 0 Å². The van der Waals surface area contributed by atoms with Crippen LogP contribution in [0.5, 0.6) is 0 Å². The predicted molar refractivity (Wildman–Crippen MR) is 78.9 cm³/mol. The molecule has 2 rings (SSSR count). The van der Waals surface area contributed by atoms with Crippen LogP contribution in [0.15, 0.2) is 18.2 Å². The van der Waals surface area contributed by atoms with Crippen LogP contribution >= 0.6 is 15.9 Å². The van der Waals surface area contributed by atoms with Gasteiger partial charge in [0, 0.05) is 29.7 Å². The van der Waals surface area contributed by atoms with E-state index in [1.165, 1.54) is 19.3 Å². The molecular weight excluding hydrogens is 293 g/mol. The lowest BCUT2D eigenvalue weighted by Gasteiger charge is -2.40. The number of benzene rings is 1. The minimum absolute atomic E-state index is 0.104. The van der Waals surface area contributed by atoms with E-state index in [0.717, 1.165) is 24.3 Å². The van der Waals surface area contributed by atoms with Crippen molar-refractivity contribution < 1.29 is 4.39 Å². The summed E-state index contributed by atoms with van der Waals surface area (Å²) in [5.74, 6) is -0.104. The number of hydrogen-bond acceptors (Lipinski definition) is 1. The Kier molecular flexibility index (Phi) is 4.31. The lowest BCUT2D eigenvalue weighted by Crippen LogP contribution is -2.38. The van der Waals surface area contributed by atoms with E-state index in [1.54, 1.807) is 6.07 Å². The van der Waals surface area contributed by atoms with Crippen molar-refractivity contribution in [1.82, 2.24) is 0 Å². The van der Waals surface area contributed by atoms with Gasteiger partial charge >= 0.3 is 0 Å². The fourth-order valence-corrected chi connectivity index (χ4v) is 3.17. The minimum Gasteiger partial charge on any atom is -0.371 e. The molecule has 0 aliphatic carbocycles. The van der Waals surface area contributed by atoms with Crippen molar-refractivity contribution in [2.24, 2.45) is 5.41 Å². The summed E-state index contributed by atoms with van der Waals surface area (Å²) in [4.78, 5) is 2.33. The van der Waals surface area contributed by atoms with Crippen molar-refractivity contribution in [2.45, 2.75) is 38.4 Å². The van der Waals surface area contributed by atoms with Gasteiger partial charge in [0.25, 0.3) is 0 Å². The van der Waals surface area contributed by atoms with E-state index in [-0.39, 0.29) is 5.82 Å². The maximum absolute atomic E-state index is 13.8. The highest BCUT2D eigenvalue weighted by Crippen LogP contribution is 2.37. The van der Waals surface area contributed by atoms with E-state index in [9.17, 15) is 4.39 Å². The van der Waals surface area contributed by atoms with Gasteiger partial charge in [-0.2, -0.15) is 0 Å². The van der Waals surface area contributed by atoms with E-state index in [1.807, 2.05) is 12.1 Å². The van der Waals surface area contributed by atoms with Gasteiger partial charge in [-0.05, 0) is 30.4 Å². The van der Waals surface area contributed by atoms with Crippen LogP contribution in [0.4, 0.5) is 10.1 Å². The molecule has 0 atom stereocenters. The molecule has 1 nitrogen and oxygen atoms in total. The number of piperidine rings is 1. The largest absolute Gasteiger partial charge is 0.371 e. The summed E-state index contributed by atoms with van der Waals surface area (Å²) in [5.41, 5.74) is 2.32. The Labute approximate surface area is 118 Å². The SMILES string of the molecule is CCC1(C)CCN(c2cccc(F)c2CBr)CC1. The van der Waals surface area contributed by atoms with Gasteiger partial charge < -0.3 is 4.90 Å². The number of anilines is 1. The summed E-state index contributed by atoms with van der Waals surface area (Å²) >= 11 is 3.40. The van der Waals surface area contributed by atoms with Gasteiger partial charge in [-0.15, -0.1) is 0 Å². The molecule has 1 aromatic carbocycles. The maximum Gasteiger partial charge on any atom is 0.129 e. The molecule has 1 heterocycles. The van der Waals surface area contributed by atoms with Crippen LogP contribution in [0, 0.1) is 11.2 Å². The van der Waals surface area contributed by atoms with Crippen LogP contribution in [-0.4, -0.2) is 13.1 Å². The molecular formula is C15H21BrFN. The Hall–Kier alpha value is -0.570. The second-order valence-corrected chi connectivity index (χ2v) is 6.08. The van der Waals surface area contributed by atoms with Gasteiger partial charge in [0.1, 0.15) is 5.82 Å². The van der Waals surface area contributed by atoms with Crippen molar-refractivity contribution in [1.29, 1.82) is 0 Å². The first kappa shape index (κ1) is 13.9. The molecule has 100 valence electrons. The Morgan fingerprint density at radius 1 is 1.33 bits per heavy atom. The molecule has 0 unspecified atom stereocenters. The molecule has 0 amide bonds. The zero-order chi connectivity index (χ0) is 13.2. The van der Waals surface area contributed by atoms with Crippen LogP contribution in [0.1, 0.15) is 38.7 Å². The summed E-state index contributed by atoms with van der Waals surface area (Å²) in [6.07, 6.45) is 3.62. The first-order valence-corrected chi connectivity index (χ1v) is 7.80. The molecule has 18 heavy (non-hydrogen) atoms. The Bertz CT molecular complexity index is 411. The molecule has 0 bridgehead atoms. The van der Waals surface area contributed by atoms with Crippen LogP contribution < -0.4 is 4.90 Å². The summed E-state index contributed by atoms with van der Waals surface area (Å²) < 4.78 is 13.8. The van der Waals surface area contributed by atoms with Crippen molar-refractivity contribution in [3.63, 3.8) is 0 Å². The highest BCUT2D eigenvalue weighted by Gasteiger charge is 2.29. The van der Waals surface area contributed by atoms with Crippen molar-refractivity contribution in [3.05, 3.63) is 29.6 Å². The number of rotatable bonds is 3. The maximum atomic E-state index is 13.8. The van der Waals surface area contributed by atoms with Gasteiger partial charge in [-0.1, -0.05) is 42.3 Å². The number of hydrogen-bond donors (Lipinski definition) is 0. The van der Waals surface area contributed by atoms with Gasteiger partial charge in [0.2, 0.25) is 0 Å². The predicted octanol–water partition coefficient (Wildman–Crippen LogP) is 4.74. The second-order valence-electron chi connectivity index (χ2n) is 5.52. The standard InChI is InChI=1S/C15H21BrFN/c1-3-15(2)7-9-18(10-8-15)14-6-4-5-13(17)12(14)11-16/h4-6H,3,7-11H2,1-2H3. The van der Waals surface area contributed by atoms with Gasteiger partial charge in [0.05, 0.1) is 0 Å². The molecule has 0 N–H and O–H groups in total. The summed E-state index contributed by atoms with van der Waals surface area (Å²) in [6, 6.07) is 5.39. The number of nitrogens with zero attached hydrogens (tertiary/aromatic N) is 1. The Morgan fingerprint density at radius 3 is 2.56 bits per heavy atom. The third-order valence-electron chi connectivity index (χ3n) is 4.39. The van der Waals surface area contributed by atoms with Crippen molar-refractivity contribution in [3.8, 4) is 0 Å². The van der Waals surface area contributed by atoms with Crippen molar-refractivity contribution in [2.75, 3.05) is 18.0 Å². The van der Waals surface area contributed by atoms with E-state index >= 15 is 0 Å². The third kappa shape index (κ3) is 2.71. The van der Waals surface area contributed by atoms with Gasteiger partial charge in [-0.3, -0.25) is 0 Å². The summed E-state index contributed by atoms with van der Waals surface area (Å²) in [6.45, 7) is 6.70. The molecule has 0 spiro atoms. The second kappa shape index (κ2) is 5.60. The summed E-state index contributed by atoms with van der Waals surface area (Å²) in [5, 5.41) is 0.580. The quantitative estimate of drug-likeness (QED) is 0.729. The fourth-order valence-electron chi connectivity index (χ4n) is 2.62. The molecule has 3 heteroatoms. The van der Waals surface area contributed by atoms with E-state index in [0.29, 0.717) is 10.7 Å². The molecule has 0 saturated carbocycles. The van der Waals surface area contributed by atoms with Crippen LogP contribution in [-0.2, 0) is 5.33 Å². The molecule has 1 aliphatic heterocycles. The van der Waals surface area contributed by atoms with Gasteiger partial charge in [0.15, 0.2) is 0 Å². The average Bonchev–Trinajstić information content (AvgIpc) is 2.39. The number of halogens is 2. The minimum atomic E-state index is -0.104. The fraction of sp³-hybridized carbons (Fsp3) is 0.600. The topological polar surface area (TPSA) is 3.24 Å². The highest BCUT2D eigenvalue weighted by molar-refractivity contribution is 9.08. The van der Waals surface area contributed by atoms with Gasteiger partial charge in [-0.25, -0.2) is 4.39 Å².